The maximum atomic E-state index is 11.3. The maximum absolute atomic E-state index is 11.3. The molecule has 0 aromatic rings. The molecule has 0 bridgehead atoms. The molecule has 1 aliphatic carbocycles. The van der Waals surface area contributed by atoms with E-state index in [1.807, 2.05) is 6.92 Å². The predicted molar refractivity (Wildman–Crippen MR) is 82.1 cm³/mol. The van der Waals surface area contributed by atoms with E-state index in [0.29, 0.717) is 11.5 Å². The molecule has 1 atom stereocenters. The van der Waals surface area contributed by atoms with Gasteiger partial charge in [0.25, 0.3) is 0 Å². The second kappa shape index (κ2) is 6.57. The van der Waals surface area contributed by atoms with Crippen LogP contribution in [0, 0.1) is 11.3 Å². The molecule has 0 spiro atoms. The first-order chi connectivity index (χ1) is 8.64. The predicted octanol–water partition coefficient (Wildman–Crippen LogP) is 3.00. The molecule has 0 saturated heterocycles. The van der Waals surface area contributed by atoms with Gasteiger partial charge in [0.2, 0.25) is 0 Å². The Bertz CT molecular complexity index is 368. The number of rotatable bonds is 6. The largest absolute Gasteiger partial charge is 0.310 e. The zero-order valence-corrected chi connectivity index (χ0v) is 14.0. The molecule has 1 saturated carbocycles. The van der Waals surface area contributed by atoms with Crippen molar-refractivity contribution in [3.05, 3.63) is 0 Å². The summed E-state index contributed by atoms with van der Waals surface area (Å²) in [6.07, 6.45) is 7.45. The highest BCUT2D eigenvalue weighted by Crippen LogP contribution is 2.40. The zero-order valence-electron chi connectivity index (χ0n) is 13.2. The van der Waals surface area contributed by atoms with Gasteiger partial charge >= 0.3 is 0 Å². The van der Waals surface area contributed by atoms with Crippen LogP contribution in [0.25, 0.3) is 0 Å². The lowest BCUT2D eigenvalue weighted by molar-refractivity contribution is 0.135. The number of hydrogen-bond donors (Lipinski definition) is 1. The molecule has 4 heteroatoms. The summed E-state index contributed by atoms with van der Waals surface area (Å²) >= 11 is 0. The van der Waals surface area contributed by atoms with E-state index in [2.05, 4.69) is 26.1 Å². The van der Waals surface area contributed by atoms with Crippen LogP contribution in [-0.4, -0.2) is 32.5 Å². The number of nitrogens with one attached hydrogen (secondary N) is 1. The molecule has 1 rings (SSSR count). The van der Waals surface area contributed by atoms with Crippen molar-refractivity contribution >= 4 is 9.84 Å². The third-order valence-corrected chi connectivity index (χ3v) is 5.92. The van der Waals surface area contributed by atoms with E-state index in [1.165, 1.54) is 38.4 Å². The molecular formula is C15H31NO2S. The lowest BCUT2D eigenvalue weighted by Crippen LogP contribution is -2.43. The van der Waals surface area contributed by atoms with Gasteiger partial charge in [-0.15, -0.1) is 0 Å². The average molecular weight is 289 g/mol. The monoisotopic (exact) mass is 289 g/mol. The topological polar surface area (TPSA) is 46.2 Å². The second-order valence-corrected chi connectivity index (χ2v) is 9.24. The van der Waals surface area contributed by atoms with Gasteiger partial charge in [-0.05, 0) is 43.9 Å². The van der Waals surface area contributed by atoms with Gasteiger partial charge in [-0.1, -0.05) is 27.2 Å². The fraction of sp³-hybridized carbons (Fsp3) is 1.00. The minimum absolute atomic E-state index is 0.0655. The van der Waals surface area contributed by atoms with Gasteiger partial charge in [0, 0.05) is 18.3 Å². The summed E-state index contributed by atoms with van der Waals surface area (Å²) in [5.74, 6) is 1.06. The van der Waals surface area contributed by atoms with Crippen molar-refractivity contribution in [2.45, 2.75) is 71.9 Å². The van der Waals surface area contributed by atoms with Crippen molar-refractivity contribution < 1.29 is 8.42 Å². The Morgan fingerprint density at radius 2 is 1.74 bits per heavy atom. The molecule has 0 aromatic carbocycles. The SMILES string of the molecule is CCC(C)(C)C1CCC(NC(C)CS(C)(=O)=O)CC1. The van der Waals surface area contributed by atoms with Gasteiger partial charge in [0.1, 0.15) is 9.84 Å². The molecule has 3 nitrogen and oxygen atoms in total. The van der Waals surface area contributed by atoms with Crippen LogP contribution in [0.1, 0.15) is 59.8 Å². The van der Waals surface area contributed by atoms with E-state index in [0.717, 1.165) is 5.92 Å². The fourth-order valence-corrected chi connectivity index (χ4v) is 4.24. The van der Waals surface area contributed by atoms with Gasteiger partial charge in [0.15, 0.2) is 0 Å². The highest BCUT2D eigenvalue weighted by Gasteiger charge is 2.32. The van der Waals surface area contributed by atoms with Gasteiger partial charge in [-0.3, -0.25) is 0 Å². The summed E-state index contributed by atoms with van der Waals surface area (Å²) < 4.78 is 22.5. The Balaban J connectivity index is 2.38. The van der Waals surface area contributed by atoms with Crippen LogP contribution >= 0.6 is 0 Å². The number of sulfone groups is 1. The normalized spacial score (nSPS) is 27.2. The minimum atomic E-state index is -2.87. The van der Waals surface area contributed by atoms with Crippen molar-refractivity contribution in [1.82, 2.24) is 5.32 Å². The molecular weight excluding hydrogens is 258 g/mol. The Morgan fingerprint density at radius 1 is 1.21 bits per heavy atom. The summed E-state index contributed by atoms with van der Waals surface area (Å²) in [6, 6.07) is 0.566. The average Bonchev–Trinajstić information content (AvgIpc) is 2.27. The maximum Gasteiger partial charge on any atom is 0.148 e. The molecule has 0 radical (unpaired) electrons. The molecule has 0 aliphatic heterocycles. The Kier molecular flexibility index (Phi) is 5.87. The molecule has 0 aromatic heterocycles. The summed E-state index contributed by atoms with van der Waals surface area (Å²) in [6.45, 7) is 9.00. The molecule has 114 valence electrons. The summed E-state index contributed by atoms with van der Waals surface area (Å²) in [7, 11) is -2.87. The van der Waals surface area contributed by atoms with Crippen molar-refractivity contribution in [1.29, 1.82) is 0 Å². The first-order valence-corrected chi connectivity index (χ1v) is 9.64. The first-order valence-electron chi connectivity index (χ1n) is 7.58. The highest BCUT2D eigenvalue weighted by molar-refractivity contribution is 7.90. The van der Waals surface area contributed by atoms with E-state index in [1.54, 1.807) is 0 Å². The lowest BCUT2D eigenvalue weighted by atomic mass is 9.69. The molecule has 0 amide bonds. The Hall–Kier alpha value is -0.0900. The van der Waals surface area contributed by atoms with E-state index >= 15 is 0 Å². The van der Waals surface area contributed by atoms with Crippen LogP contribution in [0.3, 0.4) is 0 Å². The van der Waals surface area contributed by atoms with Gasteiger partial charge in [-0.2, -0.15) is 0 Å². The molecule has 1 fully saturated rings. The fourth-order valence-electron chi connectivity index (χ4n) is 3.23. The third-order valence-electron chi connectivity index (χ3n) is 4.82. The minimum Gasteiger partial charge on any atom is -0.310 e. The van der Waals surface area contributed by atoms with Crippen LogP contribution in [0.15, 0.2) is 0 Å². The third kappa shape index (κ3) is 5.82. The molecule has 1 aliphatic rings. The van der Waals surface area contributed by atoms with Crippen LogP contribution in [0.2, 0.25) is 0 Å². The zero-order chi connectivity index (χ0) is 14.7. The summed E-state index contributed by atoms with van der Waals surface area (Å²) in [5.41, 5.74) is 0.448. The van der Waals surface area contributed by atoms with Crippen LogP contribution in [0.5, 0.6) is 0 Å². The summed E-state index contributed by atoms with van der Waals surface area (Å²) in [5, 5.41) is 3.49. The van der Waals surface area contributed by atoms with Crippen molar-refractivity contribution in [3.8, 4) is 0 Å². The Morgan fingerprint density at radius 3 is 2.16 bits per heavy atom. The van der Waals surface area contributed by atoms with Crippen LogP contribution in [-0.2, 0) is 9.84 Å². The lowest BCUT2D eigenvalue weighted by Gasteiger charge is -2.39. The van der Waals surface area contributed by atoms with Crippen molar-refractivity contribution in [3.63, 3.8) is 0 Å². The van der Waals surface area contributed by atoms with E-state index in [9.17, 15) is 8.42 Å². The van der Waals surface area contributed by atoms with E-state index in [4.69, 9.17) is 0 Å². The highest BCUT2D eigenvalue weighted by atomic mass is 32.2. The van der Waals surface area contributed by atoms with Crippen molar-refractivity contribution in [2.75, 3.05) is 12.0 Å². The van der Waals surface area contributed by atoms with Crippen LogP contribution in [0.4, 0.5) is 0 Å². The summed E-state index contributed by atoms with van der Waals surface area (Å²) in [4.78, 5) is 0. The molecule has 19 heavy (non-hydrogen) atoms. The van der Waals surface area contributed by atoms with Gasteiger partial charge in [-0.25, -0.2) is 8.42 Å². The van der Waals surface area contributed by atoms with Crippen LogP contribution < -0.4 is 5.32 Å². The smallest absolute Gasteiger partial charge is 0.148 e. The second-order valence-electron chi connectivity index (χ2n) is 7.05. The van der Waals surface area contributed by atoms with Gasteiger partial charge < -0.3 is 5.32 Å². The Labute approximate surface area is 119 Å². The van der Waals surface area contributed by atoms with E-state index < -0.39 is 9.84 Å². The molecule has 1 unspecified atom stereocenters. The molecule has 1 N–H and O–H groups in total. The first kappa shape index (κ1) is 17.0. The standard InChI is InChI=1S/C15H31NO2S/c1-6-15(3,4)13-7-9-14(10-8-13)16-12(2)11-19(5,17)18/h12-14,16H,6-11H2,1-5H3. The quantitative estimate of drug-likeness (QED) is 0.817. The van der Waals surface area contributed by atoms with Crippen molar-refractivity contribution in [2.24, 2.45) is 11.3 Å². The van der Waals surface area contributed by atoms with E-state index in [-0.39, 0.29) is 11.8 Å². The van der Waals surface area contributed by atoms with Gasteiger partial charge in [0.05, 0.1) is 5.75 Å². The molecule has 0 heterocycles. The number of hydrogen-bond acceptors (Lipinski definition) is 3.